The van der Waals surface area contributed by atoms with Crippen LogP contribution in [0.15, 0.2) is 33.6 Å². The van der Waals surface area contributed by atoms with Crippen LogP contribution in [0.2, 0.25) is 0 Å². The number of nitrogens with one attached hydrogen (secondary N) is 1. The number of thioether (sulfide) groups is 1. The summed E-state index contributed by atoms with van der Waals surface area (Å²) in [4.78, 5) is 12.6. The minimum absolute atomic E-state index is 0.217. The second kappa shape index (κ2) is 8.05. The van der Waals surface area contributed by atoms with Gasteiger partial charge in [0.15, 0.2) is 0 Å². The number of benzene rings is 1. The van der Waals surface area contributed by atoms with Crippen molar-refractivity contribution in [2.24, 2.45) is 0 Å². The predicted octanol–water partition coefficient (Wildman–Crippen LogP) is 4.16. The lowest BCUT2D eigenvalue weighted by Crippen LogP contribution is -2.51. The zero-order valence-electron chi connectivity index (χ0n) is 12.1. The van der Waals surface area contributed by atoms with Crippen molar-refractivity contribution >= 4 is 33.7 Å². The summed E-state index contributed by atoms with van der Waals surface area (Å²) < 4.78 is 1.04. The molecule has 2 unspecified atom stereocenters. The van der Waals surface area contributed by atoms with E-state index in [2.05, 4.69) is 34.2 Å². The summed E-state index contributed by atoms with van der Waals surface area (Å²) in [5.74, 6) is -0.785. The van der Waals surface area contributed by atoms with Crippen LogP contribution >= 0.6 is 27.7 Å². The Morgan fingerprint density at radius 1 is 1.55 bits per heavy atom. The van der Waals surface area contributed by atoms with Crippen molar-refractivity contribution in [3.05, 3.63) is 28.7 Å². The van der Waals surface area contributed by atoms with Crippen LogP contribution in [-0.2, 0) is 4.79 Å². The van der Waals surface area contributed by atoms with Crippen molar-refractivity contribution in [2.75, 3.05) is 6.54 Å². The summed E-state index contributed by atoms with van der Waals surface area (Å²) in [6.45, 7) is 6.59. The number of carboxylic acids is 1. The molecule has 3 nitrogen and oxygen atoms in total. The van der Waals surface area contributed by atoms with Gasteiger partial charge in [0.1, 0.15) is 5.54 Å². The van der Waals surface area contributed by atoms with Crippen LogP contribution in [0.1, 0.15) is 33.6 Å². The Kier molecular flexibility index (Phi) is 7.06. The maximum absolute atomic E-state index is 11.5. The van der Waals surface area contributed by atoms with E-state index in [1.54, 1.807) is 18.7 Å². The fraction of sp³-hybridized carbons (Fsp3) is 0.533. The molecule has 0 spiro atoms. The van der Waals surface area contributed by atoms with Crippen LogP contribution in [0, 0.1) is 0 Å². The van der Waals surface area contributed by atoms with Crippen LogP contribution in [0.4, 0.5) is 0 Å². The lowest BCUT2D eigenvalue weighted by molar-refractivity contribution is -0.144. The third kappa shape index (κ3) is 5.46. The van der Waals surface area contributed by atoms with E-state index in [4.69, 9.17) is 0 Å². The highest BCUT2D eigenvalue weighted by atomic mass is 79.9. The van der Waals surface area contributed by atoms with Gasteiger partial charge in [-0.3, -0.25) is 4.79 Å². The van der Waals surface area contributed by atoms with E-state index in [-0.39, 0.29) is 5.25 Å². The van der Waals surface area contributed by atoms with E-state index in [1.165, 1.54) is 0 Å². The topological polar surface area (TPSA) is 49.3 Å². The Hall–Kier alpha value is -0.520. The Bertz CT molecular complexity index is 455. The van der Waals surface area contributed by atoms with Crippen molar-refractivity contribution in [3.8, 4) is 0 Å². The molecule has 0 amide bonds. The summed E-state index contributed by atoms with van der Waals surface area (Å²) in [5, 5.41) is 12.8. The van der Waals surface area contributed by atoms with Crippen molar-refractivity contribution in [1.29, 1.82) is 0 Å². The van der Waals surface area contributed by atoms with Gasteiger partial charge < -0.3 is 10.4 Å². The summed E-state index contributed by atoms with van der Waals surface area (Å²) in [6.07, 6.45) is 1.51. The van der Waals surface area contributed by atoms with Crippen molar-refractivity contribution in [3.63, 3.8) is 0 Å². The molecule has 2 N–H and O–H groups in total. The van der Waals surface area contributed by atoms with Gasteiger partial charge in [-0.25, -0.2) is 0 Å². The van der Waals surface area contributed by atoms with Crippen LogP contribution in [0.3, 0.4) is 0 Å². The zero-order chi connectivity index (χ0) is 15.2. The quantitative estimate of drug-likeness (QED) is 0.684. The first kappa shape index (κ1) is 17.5. The maximum Gasteiger partial charge on any atom is 0.323 e. The van der Waals surface area contributed by atoms with E-state index in [0.717, 1.165) is 22.3 Å². The Morgan fingerprint density at radius 2 is 2.25 bits per heavy atom. The van der Waals surface area contributed by atoms with E-state index < -0.39 is 11.5 Å². The minimum atomic E-state index is -0.867. The lowest BCUT2D eigenvalue weighted by Gasteiger charge is -2.29. The number of rotatable bonds is 8. The molecule has 1 aromatic carbocycles. The molecule has 0 heterocycles. The van der Waals surface area contributed by atoms with Gasteiger partial charge in [0.2, 0.25) is 0 Å². The third-order valence-corrected chi connectivity index (χ3v) is 4.65. The number of hydrogen-bond donors (Lipinski definition) is 2. The Labute approximate surface area is 133 Å². The molecule has 0 saturated carbocycles. The second-order valence-corrected chi connectivity index (χ2v) is 7.58. The molecule has 0 radical (unpaired) electrons. The normalized spacial score (nSPS) is 15.6. The van der Waals surface area contributed by atoms with Crippen LogP contribution < -0.4 is 5.32 Å². The molecular weight excluding hydrogens is 338 g/mol. The number of carboxylic acid groups (broad SMARTS) is 1. The summed E-state index contributed by atoms with van der Waals surface area (Å²) in [6, 6.07) is 8.08. The average Bonchev–Trinajstić information content (AvgIpc) is 2.36. The van der Waals surface area contributed by atoms with Gasteiger partial charge in [-0.2, -0.15) is 0 Å². The Balaban J connectivity index is 2.66. The molecule has 0 aliphatic rings. The summed E-state index contributed by atoms with van der Waals surface area (Å²) >= 11 is 5.15. The molecule has 1 rings (SSSR count). The van der Waals surface area contributed by atoms with E-state index >= 15 is 0 Å². The lowest BCUT2D eigenvalue weighted by atomic mass is 9.96. The first-order valence-electron chi connectivity index (χ1n) is 6.78. The second-order valence-electron chi connectivity index (χ2n) is 5.15. The van der Waals surface area contributed by atoms with Gasteiger partial charge in [-0.1, -0.05) is 35.8 Å². The first-order chi connectivity index (χ1) is 9.37. The van der Waals surface area contributed by atoms with Crippen LogP contribution in [0.5, 0.6) is 0 Å². The molecule has 0 aromatic heterocycles. The number of carbonyl (C=O) groups is 1. The van der Waals surface area contributed by atoms with Crippen molar-refractivity contribution in [2.45, 2.75) is 49.3 Å². The highest BCUT2D eigenvalue weighted by molar-refractivity contribution is 9.10. The molecule has 0 aliphatic heterocycles. The molecule has 0 saturated heterocycles. The largest absolute Gasteiger partial charge is 0.480 e. The molecule has 0 bridgehead atoms. The van der Waals surface area contributed by atoms with Gasteiger partial charge in [-0.05, 0) is 44.5 Å². The van der Waals surface area contributed by atoms with E-state index in [9.17, 15) is 9.90 Å². The predicted molar refractivity (Wildman–Crippen MR) is 88.4 cm³/mol. The molecule has 112 valence electrons. The summed E-state index contributed by atoms with van der Waals surface area (Å²) in [5.41, 5.74) is -0.867. The summed E-state index contributed by atoms with van der Waals surface area (Å²) in [7, 11) is 0. The molecule has 1 aromatic rings. The average molecular weight is 360 g/mol. The van der Waals surface area contributed by atoms with Gasteiger partial charge in [0, 0.05) is 14.6 Å². The molecule has 5 heteroatoms. The van der Waals surface area contributed by atoms with E-state index in [1.807, 2.05) is 25.1 Å². The highest BCUT2D eigenvalue weighted by Gasteiger charge is 2.34. The fourth-order valence-corrected chi connectivity index (χ4v) is 3.81. The van der Waals surface area contributed by atoms with Gasteiger partial charge in [-0.15, -0.1) is 11.8 Å². The molecule has 20 heavy (non-hydrogen) atoms. The SMILES string of the molecule is CCCNC(C)(CC(C)Sc1cccc(Br)c1)C(=O)O. The Morgan fingerprint density at radius 3 is 2.80 bits per heavy atom. The number of aliphatic carboxylic acids is 1. The maximum atomic E-state index is 11.5. The molecule has 2 atom stereocenters. The van der Waals surface area contributed by atoms with E-state index in [0.29, 0.717) is 6.42 Å². The van der Waals surface area contributed by atoms with Gasteiger partial charge in [0.05, 0.1) is 0 Å². The minimum Gasteiger partial charge on any atom is -0.480 e. The smallest absolute Gasteiger partial charge is 0.323 e. The highest BCUT2D eigenvalue weighted by Crippen LogP contribution is 2.30. The number of halogens is 1. The first-order valence-corrected chi connectivity index (χ1v) is 8.45. The third-order valence-electron chi connectivity index (χ3n) is 3.07. The molecular formula is C15H22BrNO2S. The van der Waals surface area contributed by atoms with Crippen LogP contribution in [0.25, 0.3) is 0 Å². The standard InChI is InChI=1S/C15H22BrNO2S/c1-4-8-17-15(3,14(18)19)10-11(2)20-13-7-5-6-12(16)9-13/h5-7,9,11,17H,4,8,10H2,1-3H3,(H,18,19). The van der Waals surface area contributed by atoms with Crippen molar-refractivity contribution < 1.29 is 9.90 Å². The van der Waals surface area contributed by atoms with Crippen molar-refractivity contribution in [1.82, 2.24) is 5.32 Å². The molecule has 0 fully saturated rings. The molecule has 0 aliphatic carbocycles. The van der Waals surface area contributed by atoms with Gasteiger partial charge in [0.25, 0.3) is 0 Å². The van der Waals surface area contributed by atoms with Crippen LogP contribution in [-0.4, -0.2) is 28.4 Å². The van der Waals surface area contributed by atoms with Gasteiger partial charge >= 0.3 is 5.97 Å². The zero-order valence-corrected chi connectivity index (χ0v) is 14.6. The fourth-order valence-electron chi connectivity index (χ4n) is 2.03. The number of hydrogen-bond acceptors (Lipinski definition) is 3. The monoisotopic (exact) mass is 359 g/mol.